The highest BCUT2D eigenvalue weighted by Crippen LogP contribution is 2.29. The summed E-state index contributed by atoms with van der Waals surface area (Å²) in [6.07, 6.45) is 4.26. The molecule has 3 heterocycles. The maximum absolute atomic E-state index is 12.4. The van der Waals surface area contributed by atoms with E-state index in [1.54, 1.807) is 0 Å². The third-order valence-electron chi connectivity index (χ3n) is 4.87. The van der Waals surface area contributed by atoms with Gasteiger partial charge in [0, 0.05) is 26.2 Å². The summed E-state index contributed by atoms with van der Waals surface area (Å²) in [4.78, 5) is 18.9. The Morgan fingerprint density at radius 2 is 2.21 bits per heavy atom. The zero-order valence-electron chi connectivity index (χ0n) is 13.7. The van der Waals surface area contributed by atoms with Crippen molar-refractivity contribution < 1.29 is 13.9 Å². The number of hydrogen-bond donors (Lipinski definition) is 1. The van der Waals surface area contributed by atoms with Crippen molar-refractivity contribution in [3.05, 3.63) is 30.2 Å². The van der Waals surface area contributed by atoms with Gasteiger partial charge in [0.05, 0.1) is 12.0 Å². The first-order valence-electron chi connectivity index (χ1n) is 8.79. The SMILES string of the molecule is O=C(NC[C@H]1CCCO1)N1CCC[C@H](c2nc3ccccc3o2)C1. The summed E-state index contributed by atoms with van der Waals surface area (Å²) in [5.41, 5.74) is 1.69. The molecule has 2 aliphatic heterocycles. The quantitative estimate of drug-likeness (QED) is 0.940. The second-order valence-corrected chi connectivity index (χ2v) is 6.63. The van der Waals surface area contributed by atoms with Gasteiger partial charge in [0.25, 0.3) is 0 Å². The van der Waals surface area contributed by atoms with Crippen LogP contribution in [0.4, 0.5) is 4.79 Å². The van der Waals surface area contributed by atoms with Crippen LogP contribution < -0.4 is 5.32 Å². The van der Waals surface area contributed by atoms with Crippen molar-refractivity contribution in [2.45, 2.75) is 37.7 Å². The molecule has 128 valence electrons. The van der Waals surface area contributed by atoms with E-state index in [2.05, 4.69) is 10.3 Å². The molecule has 0 saturated carbocycles. The molecular formula is C18H23N3O3. The number of oxazole rings is 1. The fraction of sp³-hybridized carbons (Fsp3) is 0.556. The fourth-order valence-corrected chi connectivity index (χ4v) is 3.55. The largest absolute Gasteiger partial charge is 0.440 e. The number of para-hydroxylation sites is 2. The summed E-state index contributed by atoms with van der Waals surface area (Å²) in [6.45, 7) is 2.85. The number of ether oxygens (including phenoxy) is 1. The van der Waals surface area contributed by atoms with E-state index in [4.69, 9.17) is 9.15 Å². The number of likely N-dealkylation sites (tertiary alicyclic amines) is 1. The highest BCUT2D eigenvalue weighted by atomic mass is 16.5. The number of aromatic nitrogens is 1. The molecular weight excluding hydrogens is 306 g/mol. The van der Waals surface area contributed by atoms with Crippen molar-refractivity contribution >= 4 is 17.1 Å². The molecule has 24 heavy (non-hydrogen) atoms. The van der Waals surface area contributed by atoms with Crippen molar-refractivity contribution in [2.24, 2.45) is 0 Å². The van der Waals surface area contributed by atoms with E-state index >= 15 is 0 Å². The average Bonchev–Trinajstić information content (AvgIpc) is 3.29. The molecule has 0 spiro atoms. The van der Waals surface area contributed by atoms with Crippen LogP contribution in [0.3, 0.4) is 0 Å². The Balaban J connectivity index is 1.38. The molecule has 2 aliphatic rings. The smallest absolute Gasteiger partial charge is 0.317 e. The Hall–Kier alpha value is -2.08. The number of urea groups is 1. The van der Waals surface area contributed by atoms with Crippen molar-refractivity contribution in [2.75, 3.05) is 26.2 Å². The van der Waals surface area contributed by atoms with Crippen LogP contribution in [0, 0.1) is 0 Å². The number of carbonyl (C=O) groups is 1. The highest BCUT2D eigenvalue weighted by Gasteiger charge is 2.28. The topological polar surface area (TPSA) is 67.6 Å². The van der Waals surface area contributed by atoms with Crippen molar-refractivity contribution in [1.82, 2.24) is 15.2 Å². The summed E-state index contributed by atoms with van der Waals surface area (Å²) in [7, 11) is 0. The summed E-state index contributed by atoms with van der Waals surface area (Å²) in [5, 5.41) is 3.00. The van der Waals surface area contributed by atoms with Crippen LogP contribution in [0.1, 0.15) is 37.5 Å². The first kappa shape index (κ1) is 15.4. The number of rotatable bonds is 3. The maximum atomic E-state index is 12.4. The first-order valence-corrected chi connectivity index (χ1v) is 8.79. The van der Waals surface area contributed by atoms with E-state index in [0.29, 0.717) is 13.1 Å². The third kappa shape index (κ3) is 3.24. The second kappa shape index (κ2) is 6.81. The maximum Gasteiger partial charge on any atom is 0.317 e. The van der Waals surface area contributed by atoms with Gasteiger partial charge >= 0.3 is 6.03 Å². The van der Waals surface area contributed by atoms with Gasteiger partial charge < -0.3 is 19.4 Å². The van der Waals surface area contributed by atoms with Gasteiger partial charge in [-0.3, -0.25) is 0 Å². The zero-order valence-corrected chi connectivity index (χ0v) is 13.7. The van der Waals surface area contributed by atoms with Gasteiger partial charge in [-0.15, -0.1) is 0 Å². The number of amides is 2. The minimum absolute atomic E-state index is 0.00805. The van der Waals surface area contributed by atoms with Gasteiger partial charge in [0.15, 0.2) is 11.5 Å². The Bertz CT molecular complexity index is 675. The minimum atomic E-state index is -0.00805. The molecule has 2 fully saturated rings. The molecule has 2 saturated heterocycles. The lowest BCUT2D eigenvalue weighted by atomic mass is 9.98. The molecule has 4 rings (SSSR count). The van der Waals surface area contributed by atoms with E-state index in [0.717, 1.165) is 55.8 Å². The van der Waals surface area contributed by atoms with Crippen LogP contribution in [0.15, 0.2) is 28.7 Å². The van der Waals surface area contributed by atoms with Gasteiger partial charge in [-0.05, 0) is 37.8 Å². The highest BCUT2D eigenvalue weighted by molar-refractivity contribution is 5.74. The lowest BCUT2D eigenvalue weighted by molar-refractivity contribution is 0.107. The Morgan fingerprint density at radius 1 is 1.29 bits per heavy atom. The lowest BCUT2D eigenvalue weighted by Crippen LogP contribution is -2.46. The molecule has 1 N–H and O–H groups in total. The Labute approximate surface area is 141 Å². The van der Waals surface area contributed by atoms with Crippen LogP contribution in [0.5, 0.6) is 0 Å². The molecule has 2 amide bonds. The summed E-state index contributed by atoms with van der Waals surface area (Å²) < 4.78 is 11.4. The lowest BCUT2D eigenvalue weighted by Gasteiger charge is -2.31. The number of nitrogens with zero attached hydrogens (tertiary/aromatic N) is 2. The first-order chi connectivity index (χ1) is 11.8. The number of carbonyl (C=O) groups excluding carboxylic acids is 1. The number of piperidine rings is 1. The molecule has 2 aromatic rings. The second-order valence-electron chi connectivity index (χ2n) is 6.63. The van der Waals surface area contributed by atoms with Crippen LogP contribution in [0.25, 0.3) is 11.1 Å². The average molecular weight is 329 g/mol. The Kier molecular flexibility index (Phi) is 4.38. The van der Waals surface area contributed by atoms with Gasteiger partial charge in [0.2, 0.25) is 0 Å². The summed E-state index contributed by atoms with van der Waals surface area (Å²) in [6, 6.07) is 7.78. The predicted octanol–water partition coefficient (Wildman–Crippen LogP) is 2.90. The number of benzene rings is 1. The molecule has 1 aromatic carbocycles. The molecule has 2 atom stereocenters. The van der Waals surface area contributed by atoms with Gasteiger partial charge in [-0.2, -0.15) is 0 Å². The normalized spacial score (nSPS) is 24.4. The van der Waals surface area contributed by atoms with E-state index in [1.807, 2.05) is 29.2 Å². The van der Waals surface area contributed by atoms with Crippen molar-refractivity contribution in [1.29, 1.82) is 0 Å². The molecule has 1 aromatic heterocycles. The summed E-state index contributed by atoms with van der Waals surface area (Å²) in [5.74, 6) is 0.910. The number of nitrogens with one attached hydrogen (secondary N) is 1. The predicted molar refractivity (Wildman–Crippen MR) is 89.9 cm³/mol. The third-order valence-corrected chi connectivity index (χ3v) is 4.87. The van der Waals surface area contributed by atoms with E-state index < -0.39 is 0 Å². The van der Waals surface area contributed by atoms with Crippen molar-refractivity contribution in [3.8, 4) is 0 Å². The molecule has 6 nitrogen and oxygen atoms in total. The van der Waals surface area contributed by atoms with Crippen LogP contribution in [0.2, 0.25) is 0 Å². The van der Waals surface area contributed by atoms with E-state index in [-0.39, 0.29) is 18.1 Å². The molecule has 0 aliphatic carbocycles. The molecule has 0 radical (unpaired) electrons. The van der Waals surface area contributed by atoms with Crippen LogP contribution >= 0.6 is 0 Å². The standard InChI is InChI=1S/C18H23N3O3/c22-18(19-11-14-6-4-10-23-14)21-9-3-5-13(12-21)17-20-15-7-1-2-8-16(15)24-17/h1-2,7-8,13-14H,3-6,9-12H2,(H,19,22)/t13-,14+/m0/s1. The monoisotopic (exact) mass is 329 g/mol. The van der Waals surface area contributed by atoms with E-state index in [9.17, 15) is 4.79 Å². The number of fused-ring (bicyclic) bond motifs is 1. The fourth-order valence-electron chi connectivity index (χ4n) is 3.55. The molecule has 6 heteroatoms. The molecule has 0 bridgehead atoms. The van der Waals surface area contributed by atoms with Gasteiger partial charge in [0.1, 0.15) is 5.52 Å². The van der Waals surface area contributed by atoms with Gasteiger partial charge in [-0.1, -0.05) is 12.1 Å². The Morgan fingerprint density at radius 3 is 3.04 bits per heavy atom. The minimum Gasteiger partial charge on any atom is -0.440 e. The van der Waals surface area contributed by atoms with Crippen molar-refractivity contribution in [3.63, 3.8) is 0 Å². The number of hydrogen-bond acceptors (Lipinski definition) is 4. The van der Waals surface area contributed by atoms with Gasteiger partial charge in [-0.25, -0.2) is 9.78 Å². The summed E-state index contributed by atoms with van der Waals surface area (Å²) >= 11 is 0. The zero-order chi connectivity index (χ0) is 16.4. The van der Waals surface area contributed by atoms with E-state index in [1.165, 1.54) is 0 Å². The van der Waals surface area contributed by atoms with Crippen LogP contribution in [-0.4, -0.2) is 48.3 Å². The molecule has 0 unspecified atom stereocenters. The van der Waals surface area contributed by atoms with Crippen LogP contribution in [-0.2, 0) is 4.74 Å².